The normalized spacial score (nSPS) is 10.8. The summed E-state index contributed by atoms with van der Waals surface area (Å²) < 4.78 is 0.979. The second-order valence-corrected chi connectivity index (χ2v) is 4.93. The first-order valence-corrected chi connectivity index (χ1v) is 6.75. The molecule has 0 unspecified atom stereocenters. The number of rotatable bonds is 6. The minimum Gasteiger partial charge on any atom is -0.396 e. The fourth-order valence-electron chi connectivity index (χ4n) is 1.44. The van der Waals surface area contributed by atoms with Crippen LogP contribution in [-0.4, -0.2) is 24.2 Å². The van der Waals surface area contributed by atoms with Gasteiger partial charge in [-0.1, -0.05) is 28.1 Å². The Morgan fingerprint density at radius 1 is 1.44 bits per heavy atom. The van der Waals surface area contributed by atoms with Crippen molar-refractivity contribution in [2.75, 3.05) is 13.2 Å². The molecular weight excluding hydrogens is 294 g/mol. The second-order valence-electron chi connectivity index (χ2n) is 4.08. The maximum Gasteiger partial charge on any atom is 0.243 e. The average Bonchev–Trinajstić information content (AvgIpc) is 2.33. The van der Waals surface area contributed by atoms with E-state index in [1.54, 1.807) is 6.08 Å². The highest BCUT2D eigenvalue weighted by atomic mass is 79.9. The zero-order chi connectivity index (χ0) is 13.4. The van der Waals surface area contributed by atoms with Crippen LogP contribution < -0.4 is 5.32 Å². The number of aliphatic hydroxyl groups excluding tert-OH is 1. The molecule has 1 aromatic carbocycles. The van der Waals surface area contributed by atoms with Gasteiger partial charge in [0, 0.05) is 23.7 Å². The predicted molar refractivity (Wildman–Crippen MR) is 77.2 cm³/mol. The number of hydrogen-bond donors (Lipinski definition) is 2. The molecule has 0 bridgehead atoms. The number of halogens is 1. The SMILES string of the molecule is Cc1ccc(/C=C/C(=O)NCCCCO)c(Br)c1. The van der Waals surface area contributed by atoms with Crippen LogP contribution in [0.25, 0.3) is 6.08 Å². The largest absolute Gasteiger partial charge is 0.396 e. The van der Waals surface area contributed by atoms with Crippen molar-refractivity contribution >= 4 is 27.9 Å². The van der Waals surface area contributed by atoms with Gasteiger partial charge in [-0.25, -0.2) is 0 Å². The van der Waals surface area contributed by atoms with Gasteiger partial charge < -0.3 is 10.4 Å². The van der Waals surface area contributed by atoms with Gasteiger partial charge in [0.05, 0.1) is 0 Å². The average molecular weight is 312 g/mol. The summed E-state index contributed by atoms with van der Waals surface area (Å²) in [6.07, 6.45) is 4.82. The van der Waals surface area contributed by atoms with Gasteiger partial charge in [-0.15, -0.1) is 0 Å². The molecule has 3 nitrogen and oxygen atoms in total. The Balaban J connectivity index is 2.45. The monoisotopic (exact) mass is 311 g/mol. The quantitative estimate of drug-likeness (QED) is 0.627. The number of amides is 1. The van der Waals surface area contributed by atoms with E-state index in [2.05, 4.69) is 21.2 Å². The van der Waals surface area contributed by atoms with Gasteiger partial charge in [-0.05, 0) is 43.0 Å². The summed E-state index contributed by atoms with van der Waals surface area (Å²) in [4.78, 5) is 11.5. The van der Waals surface area contributed by atoms with Crippen molar-refractivity contribution in [3.8, 4) is 0 Å². The van der Waals surface area contributed by atoms with Crippen LogP contribution in [0.15, 0.2) is 28.7 Å². The van der Waals surface area contributed by atoms with Crippen molar-refractivity contribution < 1.29 is 9.90 Å². The Morgan fingerprint density at radius 2 is 2.22 bits per heavy atom. The molecule has 0 spiro atoms. The molecule has 0 saturated carbocycles. The summed E-state index contributed by atoms with van der Waals surface area (Å²) in [5.74, 6) is -0.111. The second kappa shape index (κ2) is 8.06. The van der Waals surface area contributed by atoms with E-state index in [-0.39, 0.29) is 12.5 Å². The van der Waals surface area contributed by atoms with Crippen LogP contribution in [0.2, 0.25) is 0 Å². The van der Waals surface area contributed by atoms with Gasteiger partial charge in [-0.2, -0.15) is 0 Å². The number of aryl methyl sites for hydroxylation is 1. The molecule has 18 heavy (non-hydrogen) atoms. The highest BCUT2D eigenvalue weighted by molar-refractivity contribution is 9.10. The van der Waals surface area contributed by atoms with Crippen LogP contribution in [0.3, 0.4) is 0 Å². The Labute approximate surface area is 116 Å². The van der Waals surface area contributed by atoms with E-state index in [0.29, 0.717) is 13.0 Å². The molecule has 1 amide bonds. The van der Waals surface area contributed by atoms with E-state index in [0.717, 1.165) is 16.5 Å². The molecule has 0 aliphatic rings. The van der Waals surface area contributed by atoms with Crippen LogP contribution in [0.4, 0.5) is 0 Å². The maximum atomic E-state index is 11.5. The molecule has 0 aliphatic heterocycles. The lowest BCUT2D eigenvalue weighted by atomic mass is 10.1. The zero-order valence-electron chi connectivity index (χ0n) is 10.4. The van der Waals surface area contributed by atoms with Crippen LogP contribution in [0, 0.1) is 6.92 Å². The molecule has 2 N–H and O–H groups in total. The summed E-state index contributed by atoms with van der Waals surface area (Å²) in [6.45, 7) is 2.78. The lowest BCUT2D eigenvalue weighted by molar-refractivity contribution is -0.116. The van der Waals surface area contributed by atoms with Crippen LogP contribution in [0.1, 0.15) is 24.0 Å². The van der Waals surface area contributed by atoms with Gasteiger partial charge in [-0.3, -0.25) is 4.79 Å². The molecule has 0 aromatic heterocycles. The maximum absolute atomic E-state index is 11.5. The van der Waals surface area contributed by atoms with Crippen molar-refractivity contribution in [1.82, 2.24) is 5.32 Å². The van der Waals surface area contributed by atoms with E-state index in [9.17, 15) is 4.79 Å². The molecule has 0 heterocycles. The molecule has 0 saturated heterocycles. The predicted octanol–water partition coefficient (Wildman–Crippen LogP) is 2.66. The highest BCUT2D eigenvalue weighted by Gasteiger charge is 1.98. The topological polar surface area (TPSA) is 49.3 Å². The Hall–Kier alpha value is -1.13. The van der Waals surface area contributed by atoms with Crippen LogP contribution in [0.5, 0.6) is 0 Å². The molecule has 1 aromatic rings. The van der Waals surface area contributed by atoms with E-state index in [1.807, 2.05) is 25.1 Å². The van der Waals surface area contributed by atoms with Gasteiger partial charge in [0.1, 0.15) is 0 Å². The first-order chi connectivity index (χ1) is 8.63. The summed E-state index contributed by atoms with van der Waals surface area (Å²) in [5, 5.41) is 11.4. The molecular formula is C14H18BrNO2. The van der Waals surface area contributed by atoms with Crippen LogP contribution >= 0.6 is 15.9 Å². The number of carbonyl (C=O) groups excluding carboxylic acids is 1. The number of benzene rings is 1. The first-order valence-electron chi connectivity index (χ1n) is 5.96. The number of nitrogens with one attached hydrogen (secondary N) is 1. The summed E-state index contributed by atoms with van der Waals surface area (Å²) in [5.41, 5.74) is 2.15. The smallest absolute Gasteiger partial charge is 0.243 e. The number of aliphatic hydroxyl groups is 1. The fourth-order valence-corrected chi connectivity index (χ4v) is 2.07. The van der Waals surface area contributed by atoms with Crippen molar-refractivity contribution in [3.05, 3.63) is 39.9 Å². The third kappa shape index (κ3) is 5.47. The van der Waals surface area contributed by atoms with Gasteiger partial charge in [0.25, 0.3) is 0 Å². The van der Waals surface area contributed by atoms with Crippen molar-refractivity contribution in [3.63, 3.8) is 0 Å². The fraction of sp³-hybridized carbons (Fsp3) is 0.357. The first kappa shape index (κ1) is 14.9. The van der Waals surface area contributed by atoms with Gasteiger partial charge in [0.15, 0.2) is 0 Å². The van der Waals surface area contributed by atoms with Crippen LogP contribution in [-0.2, 0) is 4.79 Å². The molecule has 0 radical (unpaired) electrons. The molecule has 0 aliphatic carbocycles. The Kier molecular flexibility index (Phi) is 6.68. The Morgan fingerprint density at radius 3 is 2.89 bits per heavy atom. The Bertz CT molecular complexity index is 430. The minimum atomic E-state index is -0.111. The summed E-state index contributed by atoms with van der Waals surface area (Å²) >= 11 is 3.46. The van der Waals surface area contributed by atoms with E-state index in [4.69, 9.17) is 5.11 Å². The van der Waals surface area contributed by atoms with E-state index >= 15 is 0 Å². The standard InChI is InChI=1S/C14H18BrNO2/c1-11-4-5-12(13(15)10-11)6-7-14(18)16-8-2-3-9-17/h4-7,10,17H,2-3,8-9H2,1H3,(H,16,18)/b7-6+. The molecule has 98 valence electrons. The highest BCUT2D eigenvalue weighted by Crippen LogP contribution is 2.19. The van der Waals surface area contributed by atoms with Crippen molar-refractivity contribution in [1.29, 1.82) is 0 Å². The zero-order valence-corrected chi connectivity index (χ0v) is 12.0. The van der Waals surface area contributed by atoms with E-state index in [1.165, 1.54) is 11.6 Å². The van der Waals surface area contributed by atoms with Crippen molar-refractivity contribution in [2.45, 2.75) is 19.8 Å². The summed E-state index contributed by atoms with van der Waals surface area (Å²) in [7, 11) is 0. The van der Waals surface area contributed by atoms with Gasteiger partial charge in [0.2, 0.25) is 5.91 Å². The third-order valence-electron chi connectivity index (χ3n) is 2.45. The molecule has 4 heteroatoms. The molecule has 0 fully saturated rings. The lowest BCUT2D eigenvalue weighted by Gasteiger charge is -2.02. The molecule has 1 rings (SSSR count). The number of hydrogen-bond acceptors (Lipinski definition) is 2. The third-order valence-corrected chi connectivity index (χ3v) is 3.14. The van der Waals surface area contributed by atoms with Gasteiger partial charge >= 0.3 is 0 Å². The number of unbranched alkanes of at least 4 members (excludes halogenated alkanes) is 1. The van der Waals surface area contributed by atoms with Crippen molar-refractivity contribution in [2.24, 2.45) is 0 Å². The minimum absolute atomic E-state index is 0.111. The van der Waals surface area contributed by atoms with E-state index < -0.39 is 0 Å². The number of carbonyl (C=O) groups is 1. The summed E-state index contributed by atoms with van der Waals surface area (Å²) in [6, 6.07) is 5.98. The molecule has 0 atom stereocenters. The lowest BCUT2D eigenvalue weighted by Crippen LogP contribution is -2.22.